The van der Waals surface area contributed by atoms with Gasteiger partial charge < -0.3 is 4.90 Å². The van der Waals surface area contributed by atoms with E-state index < -0.39 is 5.41 Å². The van der Waals surface area contributed by atoms with E-state index in [9.17, 15) is 0 Å². The predicted molar refractivity (Wildman–Crippen MR) is 285 cm³/mol. The lowest BCUT2D eigenvalue weighted by molar-refractivity contribution is 0.769. The summed E-state index contributed by atoms with van der Waals surface area (Å²) in [5.41, 5.74) is 17.8. The van der Waals surface area contributed by atoms with Gasteiger partial charge in [-0.25, -0.2) is 0 Å². The van der Waals surface area contributed by atoms with Crippen LogP contribution in [-0.4, -0.2) is 0 Å². The van der Waals surface area contributed by atoms with Gasteiger partial charge in [-0.05, 0) is 132 Å². The van der Waals surface area contributed by atoms with Crippen LogP contribution in [0.25, 0.3) is 75.5 Å². The smallest absolute Gasteiger partial charge is 0.0713 e. The van der Waals surface area contributed by atoms with Crippen molar-refractivity contribution in [3.8, 4) is 44.5 Å². The molecule has 0 radical (unpaired) electrons. The lowest BCUT2D eigenvalue weighted by atomic mass is 9.67. The molecule has 0 saturated heterocycles. The van der Waals surface area contributed by atoms with E-state index in [0.29, 0.717) is 0 Å². The van der Waals surface area contributed by atoms with Gasteiger partial charge in [0.05, 0.1) is 5.41 Å². The summed E-state index contributed by atoms with van der Waals surface area (Å²) in [4.78, 5) is 2.40. The molecule has 0 N–H and O–H groups in total. The Balaban J connectivity index is 0.935. The van der Waals surface area contributed by atoms with Gasteiger partial charge in [0.1, 0.15) is 0 Å². The fourth-order valence-corrected chi connectivity index (χ4v) is 12.1. The van der Waals surface area contributed by atoms with Crippen LogP contribution >= 0.6 is 11.3 Å². The number of hydrogen-bond acceptors (Lipinski definition) is 2. The summed E-state index contributed by atoms with van der Waals surface area (Å²) in [6.07, 6.45) is 0. The van der Waals surface area contributed by atoms with Gasteiger partial charge in [0.25, 0.3) is 0 Å². The van der Waals surface area contributed by atoms with Crippen molar-refractivity contribution < 1.29 is 0 Å². The summed E-state index contributed by atoms with van der Waals surface area (Å²) in [7, 11) is 0. The van der Waals surface area contributed by atoms with Gasteiger partial charge in [-0.3, -0.25) is 0 Å². The molecule has 1 nitrogen and oxygen atoms in total. The Hall–Kier alpha value is -8.30. The van der Waals surface area contributed by atoms with Gasteiger partial charge in [0, 0.05) is 37.2 Å². The molecule has 67 heavy (non-hydrogen) atoms. The molecule has 0 unspecified atom stereocenters. The Morgan fingerprint density at radius 3 is 1.63 bits per heavy atom. The van der Waals surface area contributed by atoms with E-state index in [0.717, 1.165) is 17.1 Å². The lowest BCUT2D eigenvalue weighted by Crippen LogP contribution is -2.28. The van der Waals surface area contributed by atoms with Crippen molar-refractivity contribution in [2.75, 3.05) is 4.90 Å². The van der Waals surface area contributed by atoms with Crippen LogP contribution in [0, 0.1) is 0 Å². The Kier molecular flexibility index (Phi) is 9.33. The maximum absolute atomic E-state index is 2.45. The second kappa shape index (κ2) is 16.0. The van der Waals surface area contributed by atoms with E-state index in [-0.39, 0.29) is 0 Å². The second-order valence-corrected chi connectivity index (χ2v) is 18.7. The number of hydrogen-bond donors (Lipinski definition) is 0. The Morgan fingerprint density at radius 2 is 0.851 bits per heavy atom. The first-order valence-electron chi connectivity index (χ1n) is 23.1. The zero-order valence-electron chi connectivity index (χ0n) is 36.7. The van der Waals surface area contributed by atoms with E-state index in [1.54, 1.807) is 0 Å². The largest absolute Gasteiger partial charge is 0.310 e. The minimum Gasteiger partial charge on any atom is -0.310 e. The molecule has 12 aromatic rings. The van der Waals surface area contributed by atoms with Crippen LogP contribution in [0.2, 0.25) is 0 Å². The van der Waals surface area contributed by atoms with Crippen molar-refractivity contribution in [1.29, 1.82) is 0 Å². The van der Waals surface area contributed by atoms with Crippen LogP contribution in [0.15, 0.2) is 261 Å². The number of nitrogens with zero attached hydrogens (tertiary/aromatic N) is 1. The van der Waals surface area contributed by atoms with Crippen molar-refractivity contribution >= 4 is 59.3 Å². The van der Waals surface area contributed by atoms with Crippen molar-refractivity contribution in [3.05, 3.63) is 283 Å². The number of thiophene rings is 1. The Labute approximate surface area is 395 Å². The van der Waals surface area contributed by atoms with E-state index in [4.69, 9.17) is 0 Å². The van der Waals surface area contributed by atoms with E-state index in [1.165, 1.54) is 97.7 Å². The maximum atomic E-state index is 2.45. The molecule has 1 heterocycles. The molecule has 0 atom stereocenters. The zero-order valence-corrected chi connectivity index (χ0v) is 37.5. The molecule has 1 aromatic heterocycles. The number of rotatable bonds is 8. The molecule has 0 bridgehead atoms. The highest BCUT2D eigenvalue weighted by molar-refractivity contribution is 7.25. The fraction of sp³-hybridized carbons (Fsp3) is 0.0154. The second-order valence-electron chi connectivity index (χ2n) is 17.6. The summed E-state index contributed by atoms with van der Waals surface area (Å²) in [5, 5.41) is 5.12. The van der Waals surface area contributed by atoms with Crippen molar-refractivity contribution in [1.82, 2.24) is 0 Å². The highest BCUT2D eigenvalue weighted by Gasteiger charge is 2.46. The molecule has 1 aliphatic carbocycles. The Bertz CT molecular complexity index is 3750. The minimum atomic E-state index is -0.454. The summed E-state index contributed by atoms with van der Waals surface area (Å²) in [6, 6.07) is 96.2. The lowest BCUT2D eigenvalue weighted by Gasteiger charge is -2.34. The highest BCUT2D eigenvalue weighted by Crippen LogP contribution is 2.57. The molecule has 0 fully saturated rings. The van der Waals surface area contributed by atoms with Crippen LogP contribution in [0.4, 0.5) is 17.1 Å². The first kappa shape index (κ1) is 39.1. The summed E-state index contributed by atoms with van der Waals surface area (Å²) < 4.78 is 2.63. The van der Waals surface area contributed by atoms with Gasteiger partial charge in [0.2, 0.25) is 0 Å². The van der Waals surface area contributed by atoms with Gasteiger partial charge in [-0.15, -0.1) is 11.3 Å². The summed E-state index contributed by atoms with van der Waals surface area (Å²) in [5.74, 6) is 0. The van der Waals surface area contributed by atoms with Crippen LogP contribution in [-0.2, 0) is 5.41 Å². The molecule has 0 aliphatic heterocycles. The first-order chi connectivity index (χ1) is 33.2. The van der Waals surface area contributed by atoms with E-state index in [2.05, 4.69) is 266 Å². The fourth-order valence-electron chi connectivity index (χ4n) is 11.0. The van der Waals surface area contributed by atoms with Gasteiger partial charge in [-0.1, -0.05) is 206 Å². The molecular formula is C65H43NS. The summed E-state index contributed by atoms with van der Waals surface area (Å²) >= 11 is 1.86. The van der Waals surface area contributed by atoms with Crippen molar-refractivity contribution in [3.63, 3.8) is 0 Å². The van der Waals surface area contributed by atoms with Gasteiger partial charge >= 0.3 is 0 Å². The van der Waals surface area contributed by atoms with Crippen molar-refractivity contribution in [2.45, 2.75) is 5.41 Å². The molecule has 2 heteroatoms. The van der Waals surface area contributed by atoms with Crippen molar-refractivity contribution in [2.24, 2.45) is 0 Å². The van der Waals surface area contributed by atoms with Crippen LogP contribution in [0.5, 0.6) is 0 Å². The maximum Gasteiger partial charge on any atom is 0.0713 e. The standard InChI is InChI=1S/C65H43NS/c1-3-19-49(20-4-1)65(50-21-5-2-6-22-50)60-29-11-9-25-57(60)58-41-36-47(43-61(58)65)44-32-37-51(38-33-44)66(53-23-13-18-48(42-53)55-27-14-17-45-16-7-8-24-54(45)55)52-39-34-46(35-40-52)56-28-15-31-63-64(56)59-26-10-12-30-62(59)67-63/h1-43H. The average molecular weight is 870 g/mol. The van der Waals surface area contributed by atoms with Crippen LogP contribution < -0.4 is 4.90 Å². The first-order valence-corrected chi connectivity index (χ1v) is 23.9. The zero-order chi connectivity index (χ0) is 44.3. The summed E-state index contributed by atoms with van der Waals surface area (Å²) in [6.45, 7) is 0. The average Bonchev–Trinajstić information content (AvgIpc) is 3.93. The topological polar surface area (TPSA) is 3.24 Å². The molecule has 314 valence electrons. The monoisotopic (exact) mass is 869 g/mol. The molecule has 1 aliphatic rings. The molecule has 0 amide bonds. The third kappa shape index (κ3) is 6.37. The highest BCUT2D eigenvalue weighted by atomic mass is 32.1. The van der Waals surface area contributed by atoms with Crippen LogP contribution in [0.1, 0.15) is 22.3 Å². The van der Waals surface area contributed by atoms with E-state index in [1.807, 2.05) is 11.3 Å². The minimum absolute atomic E-state index is 0.454. The quantitative estimate of drug-likeness (QED) is 0.147. The third-order valence-electron chi connectivity index (χ3n) is 14.0. The predicted octanol–water partition coefficient (Wildman–Crippen LogP) is 18.0. The number of fused-ring (bicyclic) bond motifs is 7. The molecule has 0 saturated carbocycles. The number of anilines is 3. The number of benzene rings is 11. The molecule has 11 aromatic carbocycles. The molecule has 13 rings (SSSR count). The molecular weight excluding hydrogens is 827 g/mol. The molecule has 0 spiro atoms. The van der Waals surface area contributed by atoms with Gasteiger partial charge in [0.15, 0.2) is 0 Å². The Morgan fingerprint density at radius 1 is 0.299 bits per heavy atom. The van der Waals surface area contributed by atoms with Gasteiger partial charge in [-0.2, -0.15) is 0 Å². The normalized spacial score (nSPS) is 12.6. The van der Waals surface area contributed by atoms with E-state index >= 15 is 0 Å². The van der Waals surface area contributed by atoms with Crippen LogP contribution in [0.3, 0.4) is 0 Å². The third-order valence-corrected chi connectivity index (χ3v) is 15.1. The SMILES string of the molecule is c1ccc(C2(c3ccccc3)c3ccccc3-c3ccc(-c4ccc(N(c5ccc(-c6cccc7sc8ccccc8c67)cc5)c5cccc(-c6cccc7ccccc67)c5)cc4)cc32)cc1.